The van der Waals surface area contributed by atoms with E-state index in [4.69, 9.17) is 4.74 Å². The molecule has 0 aromatic heterocycles. The van der Waals surface area contributed by atoms with Gasteiger partial charge in [-0.2, -0.15) is 13.2 Å². The van der Waals surface area contributed by atoms with Crippen molar-refractivity contribution < 1.29 is 22.7 Å². The van der Waals surface area contributed by atoms with Gasteiger partial charge in [-0.1, -0.05) is 30.3 Å². The molecule has 0 saturated carbocycles. The highest BCUT2D eigenvalue weighted by Crippen LogP contribution is 2.38. The smallest absolute Gasteiger partial charge is 0.416 e. The van der Waals surface area contributed by atoms with Gasteiger partial charge in [0.25, 0.3) is 5.91 Å². The highest BCUT2D eigenvalue weighted by atomic mass is 19.4. The van der Waals surface area contributed by atoms with Crippen molar-refractivity contribution >= 4 is 28.7 Å². The van der Waals surface area contributed by atoms with Crippen molar-refractivity contribution in [2.24, 2.45) is 4.99 Å². The Hall–Kier alpha value is -3.65. The average molecular weight is 494 g/mol. The van der Waals surface area contributed by atoms with Gasteiger partial charge in [0.05, 0.1) is 29.2 Å². The fourth-order valence-electron chi connectivity index (χ4n) is 4.64. The second-order valence-corrected chi connectivity index (χ2v) is 8.91. The summed E-state index contributed by atoms with van der Waals surface area (Å²) in [5.74, 6) is 0.252. The SMILES string of the molecule is O=C1C(=Nc2cccc(C(F)(F)F)c2)c2ccccc2N1c1cccc(OCCCN2CCCC2)c1. The van der Waals surface area contributed by atoms with E-state index in [0.717, 1.165) is 38.2 Å². The summed E-state index contributed by atoms with van der Waals surface area (Å²) in [5.41, 5.74) is 1.16. The third kappa shape index (κ3) is 5.14. The fourth-order valence-corrected chi connectivity index (χ4v) is 4.64. The summed E-state index contributed by atoms with van der Waals surface area (Å²) in [7, 11) is 0. The quantitative estimate of drug-likeness (QED) is 0.360. The fraction of sp³-hybridized carbons (Fsp3) is 0.286. The van der Waals surface area contributed by atoms with Crippen molar-refractivity contribution in [3.8, 4) is 5.75 Å². The first-order valence-corrected chi connectivity index (χ1v) is 12.1. The van der Waals surface area contributed by atoms with Gasteiger partial charge in [0.1, 0.15) is 11.5 Å². The van der Waals surface area contributed by atoms with Gasteiger partial charge in [-0.05, 0) is 68.8 Å². The van der Waals surface area contributed by atoms with Gasteiger partial charge in [0.15, 0.2) is 0 Å². The summed E-state index contributed by atoms with van der Waals surface area (Å²) < 4.78 is 45.5. The second-order valence-electron chi connectivity index (χ2n) is 8.91. The van der Waals surface area contributed by atoms with Crippen molar-refractivity contribution in [1.82, 2.24) is 4.90 Å². The van der Waals surface area contributed by atoms with E-state index in [-0.39, 0.29) is 11.4 Å². The molecule has 2 aliphatic heterocycles. The Bertz CT molecular complexity index is 1280. The molecule has 0 radical (unpaired) electrons. The molecule has 0 spiro atoms. The monoisotopic (exact) mass is 493 g/mol. The molecule has 1 fully saturated rings. The standard InChI is InChI=1S/C28H26F3N3O2/c29-28(30,31)20-8-5-9-21(18-20)32-26-24-12-1-2-13-25(24)34(27(26)35)22-10-6-11-23(19-22)36-17-7-16-33-14-3-4-15-33/h1-2,5-6,8-13,18-19H,3-4,7,14-17H2. The van der Waals surface area contributed by atoms with Gasteiger partial charge in [-0.15, -0.1) is 0 Å². The third-order valence-electron chi connectivity index (χ3n) is 6.38. The van der Waals surface area contributed by atoms with E-state index >= 15 is 0 Å². The van der Waals surface area contributed by atoms with E-state index in [2.05, 4.69) is 9.89 Å². The molecular formula is C28H26F3N3O2. The van der Waals surface area contributed by atoms with Crippen LogP contribution >= 0.6 is 0 Å². The lowest BCUT2D eigenvalue weighted by molar-refractivity contribution is -0.137. The summed E-state index contributed by atoms with van der Waals surface area (Å²) in [6.45, 7) is 3.88. The highest BCUT2D eigenvalue weighted by molar-refractivity contribution is 6.56. The van der Waals surface area contributed by atoms with E-state index in [0.29, 0.717) is 29.3 Å². The number of carbonyl (C=O) groups excluding carboxylic acids is 1. The van der Waals surface area contributed by atoms with Gasteiger partial charge in [0.2, 0.25) is 0 Å². The lowest BCUT2D eigenvalue weighted by Gasteiger charge is -2.18. The zero-order valence-electron chi connectivity index (χ0n) is 19.7. The number of likely N-dealkylation sites (tertiary alicyclic amines) is 1. The number of para-hydroxylation sites is 1. The Labute approximate surface area is 207 Å². The zero-order valence-corrected chi connectivity index (χ0v) is 19.7. The Balaban J connectivity index is 1.38. The first kappa shape index (κ1) is 24.1. The van der Waals surface area contributed by atoms with Crippen LogP contribution in [0.5, 0.6) is 5.75 Å². The van der Waals surface area contributed by atoms with Crippen LogP contribution in [0.4, 0.5) is 30.2 Å². The van der Waals surface area contributed by atoms with Crippen LogP contribution in [-0.4, -0.2) is 42.8 Å². The number of alkyl halides is 3. The molecule has 5 nitrogen and oxygen atoms in total. The number of halogens is 3. The van der Waals surface area contributed by atoms with E-state index in [1.54, 1.807) is 30.3 Å². The second kappa shape index (κ2) is 10.1. The van der Waals surface area contributed by atoms with Crippen LogP contribution in [0.2, 0.25) is 0 Å². The van der Waals surface area contributed by atoms with E-state index in [1.807, 2.05) is 18.2 Å². The Morgan fingerprint density at radius 1 is 0.917 bits per heavy atom. The molecule has 0 atom stereocenters. The number of benzene rings is 3. The number of rotatable bonds is 7. The highest BCUT2D eigenvalue weighted by Gasteiger charge is 2.35. The maximum atomic E-state index is 13.5. The molecule has 0 unspecified atom stereocenters. The molecule has 0 aliphatic carbocycles. The first-order valence-electron chi connectivity index (χ1n) is 12.1. The summed E-state index contributed by atoms with van der Waals surface area (Å²) in [5, 5.41) is 0. The number of aliphatic imine (C=N–C) groups is 1. The summed E-state index contributed by atoms with van der Waals surface area (Å²) >= 11 is 0. The van der Waals surface area contributed by atoms with Crippen LogP contribution in [0.1, 0.15) is 30.4 Å². The number of carbonyl (C=O) groups is 1. The molecule has 2 heterocycles. The lowest BCUT2D eigenvalue weighted by Crippen LogP contribution is -2.25. The summed E-state index contributed by atoms with van der Waals surface area (Å²) in [6.07, 6.45) is -1.06. The minimum absolute atomic E-state index is 0.0694. The number of ether oxygens (including phenoxy) is 1. The van der Waals surface area contributed by atoms with Crippen LogP contribution in [-0.2, 0) is 11.0 Å². The lowest BCUT2D eigenvalue weighted by atomic mass is 10.1. The minimum atomic E-state index is -4.49. The Morgan fingerprint density at radius 2 is 1.69 bits per heavy atom. The van der Waals surface area contributed by atoms with Gasteiger partial charge in [-0.25, -0.2) is 4.99 Å². The van der Waals surface area contributed by atoms with Crippen LogP contribution < -0.4 is 9.64 Å². The van der Waals surface area contributed by atoms with E-state index < -0.39 is 17.6 Å². The Kier molecular flexibility index (Phi) is 6.78. The van der Waals surface area contributed by atoms with Crippen molar-refractivity contribution in [3.05, 3.63) is 83.9 Å². The molecule has 5 rings (SSSR count). The van der Waals surface area contributed by atoms with Crippen molar-refractivity contribution in [2.45, 2.75) is 25.4 Å². The average Bonchev–Trinajstić information content (AvgIpc) is 3.48. The number of hydrogen-bond acceptors (Lipinski definition) is 4. The number of amides is 1. The van der Waals surface area contributed by atoms with Crippen LogP contribution in [0.3, 0.4) is 0 Å². The minimum Gasteiger partial charge on any atom is -0.493 e. The number of nitrogens with zero attached hydrogens (tertiary/aromatic N) is 3. The normalized spacial score (nSPS) is 17.1. The molecule has 3 aromatic carbocycles. The molecule has 186 valence electrons. The molecule has 1 saturated heterocycles. The van der Waals surface area contributed by atoms with E-state index in [1.165, 1.54) is 29.9 Å². The van der Waals surface area contributed by atoms with Crippen molar-refractivity contribution in [1.29, 1.82) is 0 Å². The predicted octanol–water partition coefficient (Wildman–Crippen LogP) is 6.37. The molecule has 36 heavy (non-hydrogen) atoms. The van der Waals surface area contributed by atoms with Gasteiger partial charge in [-0.3, -0.25) is 9.69 Å². The Morgan fingerprint density at radius 3 is 2.50 bits per heavy atom. The molecule has 1 amide bonds. The first-order chi connectivity index (χ1) is 17.4. The van der Waals surface area contributed by atoms with Crippen LogP contribution in [0.25, 0.3) is 0 Å². The molecular weight excluding hydrogens is 467 g/mol. The third-order valence-corrected chi connectivity index (χ3v) is 6.38. The van der Waals surface area contributed by atoms with E-state index in [9.17, 15) is 18.0 Å². The van der Waals surface area contributed by atoms with Crippen molar-refractivity contribution in [3.63, 3.8) is 0 Å². The molecule has 0 bridgehead atoms. The van der Waals surface area contributed by atoms with Gasteiger partial charge in [0, 0.05) is 18.2 Å². The predicted molar refractivity (Wildman–Crippen MR) is 133 cm³/mol. The topological polar surface area (TPSA) is 45.1 Å². The summed E-state index contributed by atoms with van der Waals surface area (Å²) in [6, 6.07) is 19.1. The molecule has 0 N–H and O–H groups in total. The molecule has 2 aliphatic rings. The number of fused-ring (bicyclic) bond motifs is 1. The van der Waals surface area contributed by atoms with Crippen LogP contribution in [0, 0.1) is 0 Å². The maximum Gasteiger partial charge on any atom is 0.416 e. The number of hydrogen-bond donors (Lipinski definition) is 0. The zero-order chi connectivity index (χ0) is 25.1. The van der Waals surface area contributed by atoms with Gasteiger partial charge < -0.3 is 9.64 Å². The number of anilines is 2. The molecule has 8 heteroatoms. The van der Waals surface area contributed by atoms with Gasteiger partial charge >= 0.3 is 6.18 Å². The maximum absolute atomic E-state index is 13.5. The summed E-state index contributed by atoms with van der Waals surface area (Å²) in [4.78, 5) is 21.8. The van der Waals surface area contributed by atoms with Crippen molar-refractivity contribution in [2.75, 3.05) is 31.1 Å². The molecule has 3 aromatic rings. The van der Waals surface area contributed by atoms with Crippen LogP contribution in [0.15, 0.2) is 77.8 Å². The largest absolute Gasteiger partial charge is 0.493 e.